The molecule has 0 radical (unpaired) electrons. The number of nitrogens with zero attached hydrogens (tertiary/aromatic N) is 1. The van der Waals surface area contributed by atoms with Crippen LogP contribution in [0.3, 0.4) is 0 Å². The molecule has 2 aromatic carbocycles. The molecule has 0 atom stereocenters. The van der Waals surface area contributed by atoms with Crippen molar-refractivity contribution >= 4 is 21.7 Å². The zero-order valence-electron chi connectivity index (χ0n) is 11.4. The van der Waals surface area contributed by atoms with Crippen LogP contribution in [0.4, 0.5) is 0 Å². The Morgan fingerprint density at radius 1 is 0.955 bits per heavy atom. The van der Waals surface area contributed by atoms with Crippen LogP contribution in [-0.2, 0) is 0 Å². The van der Waals surface area contributed by atoms with Crippen LogP contribution >= 0.6 is 0 Å². The Morgan fingerprint density at radius 2 is 1.82 bits per heavy atom. The number of furan rings is 1. The molecule has 4 heteroatoms. The monoisotopic (exact) mass is 287 g/mol. The Morgan fingerprint density at radius 3 is 2.59 bits per heavy atom. The van der Waals surface area contributed by atoms with Gasteiger partial charge in [0.2, 0.25) is 0 Å². The highest BCUT2D eigenvalue weighted by atomic mass is 16.4. The molecule has 0 aliphatic carbocycles. The van der Waals surface area contributed by atoms with Gasteiger partial charge in [-0.1, -0.05) is 30.3 Å². The molecule has 0 unspecified atom stereocenters. The highest BCUT2D eigenvalue weighted by Gasteiger charge is 2.19. The molecule has 2 aromatic heterocycles. The minimum absolute atomic E-state index is 0.0438. The SMILES string of the molecule is N#Cc1c(-c2ccco2)c2ccc3ccccc3c2oc1=O. The van der Waals surface area contributed by atoms with Crippen molar-refractivity contribution in [1.29, 1.82) is 5.26 Å². The van der Waals surface area contributed by atoms with E-state index in [9.17, 15) is 10.1 Å². The summed E-state index contributed by atoms with van der Waals surface area (Å²) in [6.07, 6.45) is 1.51. The second kappa shape index (κ2) is 4.61. The number of hydrogen-bond donors (Lipinski definition) is 0. The summed E-state index contributed by atoms with van der Waals surface area (Å²) >= 11 is 0. The van der Waals surface area contributed by atoms with E-state index >= 15 is 0 Å². The first-order valence-electron chi connectivity index (χ1n) is 6.72. The fourth-order valence-corrected chi connectivity index (χ4v) is 2.71. The van der Waals surface area contributed by atoms with Crippen LogP contribution in [0.15, 0.2) is 68.4 Å². The van der Waals surface area contributed by atoms with Gasteiger partial charge in [0.1, 0.15) is 23.0 Å². The predicted octanol–water partition coefficient (Wildman–Crippen LogP) is 4.08. The number of nitriles is 1. The highest BCUT2D eigenvalue weighted by molar-refractivity contribution is 6.09. The number of hydrogen-bond acceptors (Lipinski definition) is 4. The van der Waals surface area contributed by atoms with Crippen LogP contribution in [0.1, 0.15) is 5.56 Å². The van der Waals surface area contributed by atoms with Crippen LogP contribution in [0, 0.1) is 11.3 Å². The lowest BCUT2D eigenvalue weighted by Gasteiger charge is -2.07. The van der Waals surface area contributed by atoms with Crippen molar-refractivity contribution in [1.82, 2.24) is 0 Å². The molecule has 22 heavy (non-hydrogen) atoms. The van der Waals surface area contributed by atoms with E-state index in [1.807, 2.05) is 42.5 Å². The van der Waals surface area contributed by atoms with Crippen LogP contribution in [-0.4, -0.2) is 0 Å². The van der Waals surface area contributed by atoms with E-state index in [2.05, 4.69) is 0 Å². The topological polar surface area (TPSA) is 67.1 Å². The van der Waals surface area contributed by atoms with E-state index in [0.29, 0.717) is 22.3 Å². The molecule has 0 spiro atoms. The maximum absolute atomic E-state index is 12.2. The van der Waals surface area contributed by atoms with Gasteiger partial charge in [0.05, 0.1) is 11.8 Å². The van der Waals surface area contributed by atoms with Gasteiger partial charge in [-0.3, -0.25) is 0 Å². The zero-order chi connectivity index (χ0) is 15.1. The molecule has 0 fully saturated rings. The Hall–Kier alpha value is -3.32. The standard InChI is InChI=1S/C18H9NO3/c19-10-14-16(15-6-3-9-21-15)13-8-7-11-4-1-2-5-12(11)17(13)22-18(14)20/h1-9H. The Balaban J connectivity index is 2.28. The molecular weight excluding hydrogens is 278 g/mol. The molecule has 0 aliphatic rings. The van der Waals surface area contributed by atoms with Gasteiger partial charge in [-0.05, 0) is 23.6 Å². The summed E-state index contributed by atoms with van der Waals surface area (Å²) in [5.41, 5.74) is 0.244. The summed E-state index contributed by atoms with van der Waals surface area (Å²) in [5, 5.41) is 11.8. The third kappa shape index (κ3) is 1.66. The van der Waals surface area contributed by atoms with Crippen molar-refractivity contribution in [2.45, 2.75) is 0 Å². The average molecular weight is 287 g/mol. The van der Waals surface area contributed by atoms with E-state index in [0.717, 1.165) is 10.8 Å². The average Bonchev–Trinajstić information content (AvgIpc) is 3.07. The van der Waals surface area contributed by atoms with Crippen LogP contribution in [0.2, 0.25) is 0 Å². The molecule has 2 heterocycles. The molecule has 4 aromatic rings. The van der Waals surface area contributed by atoms with Crippen LogP contribution < -0.4 is 5.63 Å². The molecule has 0 N–H and O–H groups in total. The molecule has 0 bridgehead atoms. The van der Waals surface area contributed by atoms with E-state index in [4.69, 9.17) is 8.83 Å². The van der Waals surface area contributed by atoms with Gasteiger partial charge in [-0.15, -0.1) is 0 Å². The number of benzene rings is 2. The largest absolute Gasteiger partial charge is 0.464 e. The first-order valence-corrected chi connectivity index (χ1v) is 6.72. The van der Waals surface area contributed by atoms with Crippen LogP contribution in [0.5, 0.6) is 0 Å². The van der Waals surface area contributed by atoms with Crippen molar-refractivity contribution in [2.75, 3.05) is 0 Å². The normalized spacial score (nSPS) is 10.9. The van der Waals surface area contributed by atoms with Gasteiger partial charge in [0, 0.05) is 10.8 Å². The fraction of sp³-hybridized carbons (Fsp3) is 0. The quantitative estimate of drug-likeness (QED) is 0.391. The smallest absolute Gasteiger partial charge is 0.355 e. The Labute approximate surface area is 124 Å². The molecule has 4 rings (SSSR count). The van der Waals surface area contributed by atoms with Gasteiger partial charge in [0.25, 0.3) is 0 Å². The maximum atomic E-state index is 12.2. The van der Waals surface area contributed by atoms with Crippen molar-refractivity contribution in [3.8, 4) is 17.4 Å². The lowest BCUT2D eigenvalue weighted by molar-refractivity contribution is 0.557. The van der Waals surface area contributed by atoms with Crippen molar-refractivity contribution in [3.63, 3.8) is 0 Å². The zero-order valence-corrected chi connectivity index (χ0v) is 11.4. The van der Waals surface area contributed by atoms with E-state index in [1.54, 1.807) is 12.1 Å². The van der Waals surface area contributed by atoms with Crippen molar-refractivity contribution in [2.24, 2.45) is 0 Å². The van der Waals surface area contributed by atoms with Gasteiger partial charge >= 0.3 is 5.63 Å². The maximum Gasteiger partial charge on any atom is 0.355 e. The Bertz CT molecular complexity index is 1100. The van der Waals surface area contributed by atoms with Gasteiger partial charge < -0.3 is 8.83 Å². The van der Waals surface area contributed by atoms with Crippen molar-refractivity contribution < 1.29 is 8.83 Å². The first kappa shape index (κ1) is 12.4. The van der Waals surface area contributed by atoms with Gasteiger partial charge in [-0.25, -0.2) is 4.79 Å². The minimum Gasteiger partial charge on any atom is -0.464 e. The highest BCUT2D eigenvalue weighted by Crippen LogP contribution is 2.34. The minimum atomic E-state index is -0.655. The first-order chi connectivity index (χ1) is 10.8. The molecule has 0 amide bonds. The third-order valence-electron chi connectivity index (χ3n) is 3.68. The fourth-order valence-electron chi connectivity index (χ4n) is 2.71. The molecule has 104 valence electrons. The number of fused-ring (bicyclic) bond motifs is 3. The van der Waals surface area contributed by atoms with E-state index < -0.39 is 5.63 Å². The van der Waals surface area contributed by atoms with Crippen LogP contribution in [0.25, 0.3) is 33.1 Å². The summed E-state index contributed by atoms with van der Waals surface area (Å²) in [6, 6.07) is 16.8. The third-order valence-corrected chi connectivity index (χ3v) is 3.68. The molecule has 0 saturated carbocycles. The summed E-state index contributed by atoms with van der Waals surface area (Å²) in [7, 11) is 0. The molecule has 0 aliphatic heterocycles. The van der Waals surface area contributed by atoms with E-state index in [1.165, 1.54) is 6.26 Å². The van der Waals surface area contributed by atoms with Gasteiger partial charge in [-0.2, -0.15) is 5.26 Å². The van der Waals surface area contributed by atoms with Crippen molar-refractivity contribution in [3.05, 3.63) is 70.8 Å². The van der Waals surface area contributed by atoms with E-state index in [-0.39, 0.29) is 5.56 Å². The Kier molecular flexibility index (Phi) is 2.60. The second-order valence-electron chi connectivity index (χ2n) is 4.89. The summed E-state index contributed by atoms with van der Waals surface area (Å²) in [4.78, 5) is 12.2. The van der Waals surface area contributed by atoms with Gasteiger partial charge in [0.15, 0.2) is 0 Å². The molecular formula is C18H9NO3. The summed E-state index contributed by atoms with van der Waals surface area (Å²) in [5.74, 6) is 0.477. The molecule has 4 nitrogen and oxygen atoms in total. The number of rotatable bonds is 1. The lowest BCUT2D eigenvalue weighted by atomic mass is 9.99. The summed E-state index contributed by atoms with van der Waals surface area (Å²) < 4.78 is 10.8. The second-order valence-corrected chi connectivity index (χ2v) is 4.89. The molecule has 0 saturated heterocycles. The predicted molar refractivity (Wildman–Crippen MR) is 82.4 cm³/mol. The summed E-state index contributed by atoms with van der Waals surface area (Å²) in [6.45, 7) is 0. The lowest BCUT2D eigenvalue weighted by Crippen LogP contribution is -2.06.